The van der Waals surface area contributed by atoms with Crippen LogP contribution in [0.15, 0.2) is 24.4 Å². The molecule has 0 N–H and O–H groups in total. The van der Waals surface area contributed by atoms with E-state index in [4.69, 9.17) is 11.6 Å². The van der Waals surface area contributed by atoms with Gasteiger partial charge in [0.25, 0.3) is 0 Å². The van der Waals surface area contributed by atoms with Crippen molar-refractivity contribution in [2.24, 2.45) is 0 Å². The molecule has 98 valence electrons. The number of nitrogens with zero attached hydrogens (tertiary/aromatic N) is 3. The number of aromatic nitrogens is 3. The van der Waals surface area contributed by atoms with Gasteiger partial charge >= 0.3 is 0 Å². The van der Waals surface area contributed by atoms with E-state index in [0.717, 1.165) is 21.2 Å². The third kappa shape index (κ3) is 2.35. The average Bonchev–Trinajstić information content (AvgIpc) is 2.94. The van der Waals surface area contributed by atoms with E-state index in [9.17, 15) is 4.39 Å². The van der Waals surface area contributed by atoms with Gasteiger partial charge in [-0.1, -0.05) is 0 Å². The molecule has 0 saturated heterocycles. The predicted molar refractivity (Wildman–Crippen MR) is 75.2 cm³/mol. The number of imidazole rings is 1. The third-order valence-corrected chi connectivity index (χ3v) is 4.03. The van der Waals surface area contributed by atoms with Gasteiger partial charge in [0.1, 0.15) is 11.6 Å². The number of hydrogen-bond acceptors (Lipinski definition) is 3. The van der Waals surface area contributed by atoms with Crippen LogP contribution < -0.4 is 0 Å². The van der Waals surface area contributed by atoms with Gasteiger partial charge < -0.3 is 4.57 Å². The highest BCUT2D eigenvalue weighted by Crippen LogP contribution is 2.22. The van der Waals surface area contributed by atoms with Crippen LogP contribution in [0, 0.1) is 12.7 Å². The molecular formula is C13H11ClFN3S. The summed E-state index contributed by atoms with van der Waals surface area (Å²) in [6, 6.07) is 4.61. The molecule has 0 radical (unpaired) electrons. The molecule has 1 aromatic carbocycles. The van der Waals surface area contributed by atoms with E-state index in [0.29, 0.717) is 17.9 Å². The van der Waals surface area contributed by atoms with Crippen molar-refractivity contribution in [3.8, 4) is 0 Å². The van der Waals surface area contributed by atoms with Gasteiger partial charge in [-0.05, 0) is 19.1 Å². The standard InChI is InChI=1S/C13H11ClFN3S/c1-8-16-6-10(19-8)7-18-12-3-2-9(15)4-11(12)17-13(18)5-14/h2-4,6H,5,7H2,1H3. The molecule has 0 spiro atoms. The van der Waals surface area contributed by atoms with Crippen LogP contribution in [0.3, 0.4) is 0 Å². The van der Waals surface area contributed by atoms with Crippen molar-refractivity contribution in [1.29, 1.82) is 0 Å². The fourth-order valence-electron chi connectivity index (χ4n) is 2.07. The van der Waals surface area contributed by atoms with Gasteiger partial charge in [0.05, 0.1) is 28.5 Å². The van der Waals surface area contributed by atoms with E-state index >= 15 is 0 Å². The van der Waals surface area contributed by atoms with Crippen LogP contribution in [0.4, 0.5) is 4.39 Å². The minimum absolute atomic E-state index is 0.285. The quantitative estimate of drug-likeness (QED) is 0.689. The Hall–Kier alpha value is -1.46. The lowest BCUT2D eigenvalue weighted by atomic mass is 10.3. The Bertz CT molecular complexity index is 735. The molecule has 0 amide bonds. The summed E-state index contributed by atoms with van der Waals surface area (Å²) in [6.45, 7) is 2.63. The van der Waals surface area contributed by atoms with Gasteiger partial charge in [-0.3, -0.25) is 0 Å². The first-order valence-corrected chi connectivity index (χ1v) is 7.14. The zero-order valence-electron chi connectivity index (χ0n) is 10.2. The Balaban J connectivity index is 2.10. The maximum atomic E-state index is 13.2. The molecular weight excluding hydrogens is 285 g/mol. The van der Waals surface area contributed by atoms with Crippen LogP contribution in [0.1, 0.15) is 15.7 Å². The van der Waals surface area contributed by atoms with Crippen molar-refractivity contribution in [3.63, 3.8) is 0 Å². The lowest BCUT2D eigenvalue weighted by molar-refractivity contribution is 0.629. The van der Waals surface area contributed by atoms with E-state index in [1.165, 1.54) is 12.1 Å². The van der Waals surface area contributed by atoms with Crippen molar-refractivity contribution in [2.75, 3.05) is 0 Å². The highest BCUT2D eigenvalue weighted by molar-refractivity contribution is 7.11. The number of fused-ring (bicyclic) bond motifs is 1. The van der Waals surface area contributed by atoms with Gasteiger partial charge in [-0.15, -0.1) is 22.9 Å². The highest BCUT2D eigenvalue weighted by atomic mass is 35.5. The molecule has 0 aliphatic heterocycles. The van der Waals surface area contributed by atoms with Gasteiger partial charge in [-0.2, -0.15) is 0 Å². The normalized spacial score (nSPS) is 11.3. The van der Waals surface area contributed by atoms with E-state index in [1.54, 1.807) is 17.4 Å². The topological polar surface area (TPSA) is 30.7 Å². The van der Waals surface area contributed by atoms with Crippen LogP contribution in [-0.2, 0) is 12.4 Å². The van der Waals surface area contributed by atoms with Crippen LogP contribution in [-0.4, -0.2) is 14.5 Å². The number of aryl methyl sites for hydroxylation is 1. The Morgan fingerprint density at radius 2 is 2.26 bits per heavy atom. The highest BCUT2D eigenvalue weighted by Gasteiger charge is 2.12. The number of halogens is 2. The number of thiazole rings is 1. The Morgan fingerprint density at radius 1 is 1.42 bits per heavy atom. The van der Waals surface area contributed by atoms with Crippen molar-refractivity contribution >= 4 is 34.0 Å². The summed E-state index contributed by atoms with van der Waals surface area (Å²) in [5.41, 5.74) is 1.53. The van der Waals surface area contributed by atoms with Crippen molar-refractivity contribution < 1.29 is 4.39 Å². The molecule has 19 heavy (non-hydrogen) atoms. The summed E-state index contributed by atoms with van der Waals surface area (Å²) in [5.74, 6) is 0.758. The van der Waals surface area contributed by atoms with E-state index in [1.807, 2.05) is 17.7 Å². The van der Waals surface area contributed by atoms with E-state index in [-0.39, 0.29) is 5.82 Å². The first kappa shape index (κ1) is 12.6. The summed E-state index contributed by atoms with van der Waals surface area (Å²) in [6.07, 6.45) is 1.85. The Morgan fingerprint density at radius 3 is 2.95 bits per heavy atom. The maximum Gasteiger partial charge on any atom is 0.125 e. The Kier molecular flexibility index (Phi) is 3.24. The summed E-state index contributed by atoms with van der Waals surface area (Å²) >= 11 is 7.57. The molecule has 3 rings (SSSR count). The smallest absolute Gasteiger partial charge is 0.125 e. The molecule has 2 heterocycles. The first-order chi connectivity index (χ1) is 9.17. The Labute approximate surface area is 118 Å². The number of hydrogen-bond donors (Lipinski definition) is 0. The van der Waals surface area contributed by atoms with Crippen LogP contribution in [0.5, 0.6) is 0 Å². The summed E-state index contributed by atoms with van der Waals surface area (Å²) in [4.78, 5) is 9.74. The SMILES string of the molecule is Cc1ncc(Cn2c(CCl)nc3cc(F)ccc32)s1. The monoisotopic (exact) mass is 295 g/mol. The van der Waals surface area contributed by atoms with Gasteiger partial charge in [0.2, 0.25) is 0 Å². The molecule has 0 fully saturated rings. The molecule has 2 aromatic heterocycles. The molecule has 3 nitrogen and oxygen atoms in total. The van der Waals surface area contributed by atoms with Crippen molar-refractivity contribution in [2.45, 2.75) is 19.3 Å². The maximum absolute atomic E-state index is 13.2. The van der Waals surface area contributed by atoms with Gasteiger partial charge in [0.15, 0.2) is 0 Å². The molecule has 0 saturated carbocycles. The molecule has 0 bridgehead atoms. The molecule has 3 aromatic rings. The average molecular weight is 296 g/mol. The van der Waals surface area contributed by atoms with E-state index in [2.05, 4.69) is 9.97 Å². The molecule has 0 unspecified atom stereocenters. The second-order valence-corrected chi connectivity index (χ2v) is 5.81. The first-order valence-electron chi connectivity index (χ1n) is 5.79. The minimum atomic E-state index is -0.285. The third-order valence-electron chi connectivity index (χ3n) is 2.89. The zero-order chi connectivity index (χ0) is 13.4. The molecule has 0 aliphatic rings. The van der Waals surface area contributed by atoms with Gasteiger partial charge in [0, 0.05) is 17.1 Å². The van der Waals surface area contributed by atoms with Crippen molar-refractivity contribution in [1.82, 2.24) is 14.5 Å². The molecule has 0 aliphatic carbocycles. The number of benzene rings is 1. The minimum Gasteiger partial charge on any atom is -0.322 e. The van der Waals surface area contributed by atoms with Crippen LogP contribution in [0.25, 0.3) is 11.0 Å². The fraction of sp³-hybridized carbons (Fsp3) is 0.231. The summed E-state index contributed by atoms with van der Waals surface area (Å²) in [7, 11) is 0. The summed E-state index contributed by atoms with van der Waals surface area (Å²) < 4.78 is 15.2. The zero-order valence-corrected chi connectivity index (χ0v) is 11.8. The predicted octanol–water partition coefficient (Wildman–Crippen LogP) is 3.73. The summed E-state index contributed by atoms with van der Waals surface area (Å²) in [5, 5.41) is 1.03. The van der Waals surface area contributed by atoms with E-state index < -0.39 is 0 Å². The lowest BCUT2D eigenvalue weighted by Crippen LogP contribution is -2.02. The van der Waals surface area contributed by atoms with Crippen LogP contribution in [0.2, 0.25) is 0 Å². The fourth-order valence-corrected chi connectivity index (χ4v) is 3.05. The largest absolute Gasteiger partial charge is 0.322 e. The van der Waals surface area contributed by atoms with Crippen LogP contribution >= 0.6 is 22.9 Å². The van der Waals surface area contributed by atoms with Gasteiger partial charge in [-0.25, -0.2) is 14.4 Å². The molecule has 0 atom stereocenters. The number of alkyl halides is 1. The second-order valence-electron chi connectivity index (χ2n) is 4.23. The number of rotatable bonds is 3. The molecule has 6 heteroatoms. The van der Waals surface area contributed by atoms with Crippen molar-refractivity contribution in [3.05, 3.63) is 45.9 Å². The lowest BCUT2D eigenvalue weighted by Gasteiger charge is -2.05. The second kappa shape index (κ2) is 4.90.